The molecule has 2 rings (SSSR count). The van der Waals surface area contributed by atoms with E-state index in [0.717, 1.165) is 49.0 Å². The first-order valence-electron chi connectivity index (χ1n) is 7.33. The summed E-state index contributed by atoms with van der Waals surface area (Å²) in [5, 5.41) is 3.22. The fraction of sp³-hybridized carbons (Fsp3) is 0.438. The molecule has 0 bridgehead atoms. The number of aromatic nitrogens is 3. The Hall–Kier alpha value is -2.01. The van der Waals surface area contributed by atoms with Crippen molar-refractivity contribution in [3.8, 4) is 0 Å². The molecule has 5 heteroatoms. The Balaban J connectivity index is 1.88. The number of anilines is 1. The Labute approximate surface area is 126 Å². The number of hydrogen-bond donors (Lipinski definition) is 1. The van der Waals surface area contributed by atoms with Gasteiger partial charge in [-0.25, -0.2) is 4.98 Å². The van der Waals surface area contributed by atoms with E-state index >= 15 is 0 Å². The van der Waals surface area contributed by atoms with E-state index in [2.05, 4.69) is 39.1 Å². The van der Waals surface area contributed by atoms with Gasteiger partial charge in [-0.1, -0.05) is 13.0 Å². The lowest BCUT2D eigenvalue weighted by Gasteiger charge is -2.16. The molecule has 0 aliphatic carbocycles. The maximum absolute atomic E-state index is 4.51. The predicted octanol–water partition coefficient (Wildman–Crippen LogP) is 2.63. The molecule has 0 fully saturated rings. The molecule has 0 spiro atoms. The molecular formula is C16H23N5. The lowest BCUT2D eigenvalue weighted by Crippen LogP contribution is -2.19. The number of nitrogens with one attached hydrogen (secondary N) is 1. The van der Waals surface area contributed by atoms with Gasteiger partial charge in [-0.15, -0.1) is 0 Å². The Bertz CT molecular complexity index is 553. The van der Waals surface area contributed by atoms with E-state index in [1.165, 1.54) is 0 Å². The fourth-order valence-corrected chi connectivity index (χ4v) is 2.08. The number of pyridine rings is 1. The average Bonchev–Trinajstić information content (AvgIpc) is 2.46. The van der Waals surface area contributed by atoms with E-state index in [4.69, 9.17) is 0 Å². The molecule has 2 aromatic rings. The molecule has 21 heavy (non-hydrogen) atoms. The van der Waals surface area contributed by atoms with Gasteiger partial charge in [0.25, 0.3) is 0 Å². The highest BCUT2D eigenvalue weighted by Crippen LogP contribution is 2.07. The smallest absolute Gasteiger partial charge is 0.144 e. The van der Waals surface area contributed by atoms with E-state index < -0.39 is 0 Å². The highest BCUT2D eigenvalue weighted by Gasteiger charge is 2.05. The van der Waals surface area contributed by atoms with Crippen LogP contribution in [0.5, 0.6) is 0 Å². The van der Waals surface area contributed by atoms with E-state index in [-0.39, 0.29) is 0 Å². The van der Waals surface area contributed by atoms with Crippen LogP contribution in [0.15, 0.2) is 30.6 Å². The van der Waals surface area contributed by atoms with Crippen molar-refractivity contribution in [3.05, 3.63) is 47.7 Å². The maximum atomic E-state index is 4.51. The van der Waals surface area contributed by atoms with Crippen molar-refractivity contribution in [1.29, 1.82) is 0 Å². The summed E-state index contributed by atoms with van der Waals surface area (Å²) in [5.74, 6) is 0.837. The van der Waals surface area contributed by atoms with Crippen molar-refractivity contribution in [3.63, 3.8) is 0 Å². The maximum Gasteiger partial charge on any atom is 0.144 e. The van der Waals surface area contributed by atoms with Crippen molar-refractivity contribution >= 4 is 5.82 Å². The van der Waals surface area contributed by atoms with Crippen LogP contribution in [0, 0.1) is 6.92 Å². The van der Waals surface area contributed by atoms with E-state index in [1.807, 2.05) is 31.3 Å². The fourth-order valence-electron chi connectivity index (χ4n) is 2.08. The van der Waals surface area contributed by atoms with Crippen molar-refractivity contribution in [1.82, 2.24) is 19.9 Å². The van der Waals surface area contributed by atoms with Gasteiger partial charge in [0.2, 0.25) is 0 Å². The third-order valence-corrected chi connectivity index (χ3v) is 3.07. The molecule has 5 nitrogen and oxygen atoms in total. The summed E-state index contributed by atoms with van der Waals surface area (Å²) >= 11 is 0. The van der Waals surface area contributed by atoms with Gasteiger partial charge >= 0.3 is 0 Å². The highest BCUT2D eigenvalue weighted by atomic mass is 15.1. The summed E-state index contributed by atoms with van der Waals surface area (Å²) in [6, 6.07) is 6.10. The van der Waals surface area contributed by atoms with Gasteiger partial charge in [-0.2, -0.15) is 0 Å². The van der Waals surface area contributed by atoms with Crippen molar-refractivity contribution < 1.29 is 0 Å². The second-order valence-electron chi connectivity index (χ2n) is 5.26. The standard InChI is InChI=1S/C16H23N5/c1-4-8-17-16-10-18-15(9-19-16)12-21(3)11-14-7-5-6-13(2)20-14/h5-7,9-10H,4,8,11-12H2,1-3H3,(H,17,19). The van der Waals surface area contributed by atoms with Crippen molar-refractivity contribution in [2.24, 2.45) is 0 Å². The number of aryl methyl sites for hydroxylation is 1. The summed E-state index contributed by atoms with van der Waals surface area (Å²) in [6.45, 7) is 6.63. The summed E-state index contributed by atoms with van der Waals surface area (Å²) < 4.78 is 0. The Morgan fingerprint density at radius 1 is 1.10 bits per heavy atom. The largest absolute Gasteiger partial charge is 0.369 e. The molecule has 2 aromatic heterocycles. The molecule has 0 aliphatic rings. The van der Waals surface area contributed by atoms with E-state index in [1.54, 1.807) is 6.20 Å². The molecule has 0 unspecified atom stereocenters. The first-order valence-corrected chi connectivity index (χ1v) is 7.33. The highest BCUT2D eigenvalue weighted by molar-refractivity contribution is 5.30. The molecule has 0 saturated heterocycles. The lowest BCUT2D eigenvalue weighted by atomic mass is 10.3. The monoisotopic (exact) mass is 285 g/mol. The van der Waals surface area contributed by atoms with Crippen LogP contribution in [-0.4, -0.2) is 33.4 Å². The van der Waals surface area contributed by atoms with Crippen LogP contribution in [0.25, 0.3) is 0 Å². The normalized spacial score (nSPS) is 10.9. The zero-order valence-electron chi connectivity index (χ0n) is 13.0. The third-order valence-electron chi connectivity index (χ3n) is 3.07. The van der Waals surface area contributed by atoms with Crippen LogP contribution < -0.4 is 5.32 Å². The van der Waals surface area contributed by atoms with Crippen LogP contribution in [0.2, 0.25) is 0 Å². The number of nitrogens with zero attached hydrogens (tertiary/aromatic N) is 4. The predicted molar refractivity (Wildman–Crippen MR) is 85.0 cm³/mol. The zero-order valence-corrected chi connectivity index (χ0v) is 13.0. The third kappa shape index (κ3) is 5.11. The molecule has 0 aliphatic heterocycles. The molecule has 1 N–H and O–H groups in total. The first-order chi connectivity index (χ1) is 10.2. The Kier molecular flexibility index (Phi) is 5.63. The van der Waals surface area contributed by atoms with Gasteiger partial charge < -0.3 is 5.32 Å². The van der Waals surface area contributed by atoms with E-state index in [0.29, 0.717) is 0 Å². The summed E-state index contributed by atoms with van der Waals surface area (Å²) in [7, 11) is 2.06. The lowest BCUT2D eigenvalue weighted by molar-refractivity contribution is 0.310. The molecule has 0 amide bonds. The molecule has 112 valence electrons. The number of hydrogen-bond acceptors (Lipinski definition) is 5. The van der Waals surface area contributed by atoms with Gasteiger partial charge in [0.15, 0.2) is 0 Å². The number of rotatable bonds is 7. The Morgan fingerprint density at radius 2 is 1.90 bits per heavy atom. The van der Waals surface area contributed by atoms with E-state index in [9.17, 15) is 0 Å². The zero-order chi connectivity index (χ0) is 15.1. The first kappa shape index (κ1) is 15.4. The quantitative estimate of drug-likeness (QED) is 0.847. The topological polar surface area (TPSA) is 53.9 Å². The van der Waals surface area contributed by atoms with Crippen LogP contribution in [0.4, 0.5) is 5.82 Å². The van der Waals surface area contributed by atoms with Gasteiger partial charge in [-0.05, 0) is 32.5 Å². The van der Waals surface area contributed by atoms with Gasteiger partial charge in [0.1, 0.15) is 5.82 Å². The minimum absolute atomic E-state index is 0.761. The van der Waals surface area contributed by atoms with Crippen LogP contribution in [-0.2, 0) is 13.1 Å². The molecule has 2 heterocycles. The van der Waals surface area contributed by atoms with Gasteiger partial charge in [0, 0.05) is 25.3 Å². The second-order valence-corrected chi connectivity index (χ2v) is 5.26. The van der Waals surface area contributed by atoms with Gasteiger partial charge in [0.05, 0.1) is 23.8 Å². The summed E-state index contributed by atoms with van der Waals surface area (Å²) in [4.78, 5) is 15.5. The minimum Gasteiger partial charge on any atom is -0.369 e. The minimum atomic E-state index is 0.761. The molecule has 0 aromatic carbocycles. The van der Waals surface area contributed by atoms with Crippen LogP contribution in [0.3, 0.4) is 0 Å². The molecular weight excluding hydrogens is 262 g/mol. The Morgan fingerprint density at radius 3 is 2.57 bits per heavy atom. The summed E-state index contributed by atoms with van der Waals surface area (Å²) in [5.41, 5.74) is 3.09. The molecule has 0 atom stereocenters. The van der Waals surface area contributed by atoms with Crippen LogP contribution >= 0.6 is 0 Å². The van der Waals surface area contributed by atoms with Crippen molar-refractivity contribution in [2.75, 3.05) is 18.9 Å². The molecule has 0 saturated carbocycles. The van der Waals surface area contributed by atoms with Crippen molar-refractivity contribution in [2.45, 2.75) is 33.4 Å². The van der Waals surface area contributed by atoms with Gasteiger partial charge in [-0.3, -0.25) is 14.9 Å². The summed E-state index contributed by atoms with van der Waals surface area (Å²) in [6.07, 6.45) is 4.71. The molecule has 0 radical (unpaired) electrons. The second kappa shape index (κ2) is 7.69. The average molecular weight is 285 g/mol. The van der Waals surface area contributed by atoms with Crippen LogP contribution in [0.1, 0.15) is 30.4 Å². The SMILES string of the molecule is CCCNc1cnc(CN(C)Cc2cccc(C)n2)cn1.